The number of hydrogen-bond donors (Lipinski definition) is 3. The molecule has 1 fully saturated rings. The zero-order valence-corrected chi connectivity index (χ0v) is 17.2. The second-order valence-corrected chi connectivity index (χ2v) is 7.28. The molecule has 0 saturated carbocycles. The number of halogens is 2. The molecule has 4 N–H and O–H groups in total. The maximum absolute atomic E-state index is 12.6. The molecule has 0 spiro atoms. The number of nitrogens with one attached hydrogen (secondary N) is 2. The van der Waals surface area contributed by atoms with Crippen molar-refractivity contribution in [1.29, 1.82) is 0 Å². The van der Waals surface area contributed by atoms with Crippen LogP contribution in [0.15, 0.2) is 23.1 Å². The lowest BCUT2D eigenvalue weighted by Gasteiger charge is -2.30. The van der Waals surface area contributed by atoms with Crippen molar-refractivity contribution in [3.05, 3.63) is 23.8 Å². The average molecular weight is 429 g/mol. The molecule has 1 aliphatic rings. The number of nitrogens with two attached hydrogens (primary N) is 1. The second-order valence-electron chi connectivity index (χ2n) is 5.72. The topological polar surface area (TPSA) is 114 Å². The Morgan fingerprint density at radius 1 is 1.31 bits per heavy atom. The molecule has 1 saturated heterocycles. The fourth-order valence-electron chi connectivity index (χ4n) is 2.40. The van der Waals surface area contributed by atoms with Crippen LogP contribution >= 0.6 is 24.8 Å². The molecule has 8 nitrogen and oxygen atoms in total. The first-order chi connectivity index (χ1) is 11.3. The molecule has 0 aliphatic carbocycles. The first-order valence-electron chi connectivity index (χ1n) is 7.78. The van der Waals surface area contributed by atoms with E-state index in [2.05, 4.69) is 10.6 Å². The summed E-state index contributed by atoms with van der Waals surface area (Å²) in [6.45, 7) is 4.77. The van der Waals surface area contributed by atoms with Crippen LogP contribution < -0.4 is 20.7 Å². The Labute approximate surface area is 166 Å². The van der Waals surface area contributed by atoms with Crippen LogP contribution in [0, 0.1) is 0 Å². The molecular weight excluding hydrogens is 403 g/mol. The van der Waals surface area contributed by atoms with Gasteiger partial charge in [0.05, 0.1) is 23.7 Å². The zero-order valence-electron chi connectivity index (χ0n) is 14.7. The van der Waals surface area contributed by atoms with Crippen LogP contribution in [0.4, 0.5) is 5.69 Å². The lowest BCUT2D eigenvalue weighted by Crippen LogP contribution is -2.40. The number of anilines is 1. The van der Waals surface area contributed by atoms with E-state index in [9.17, 15) is 13.2 Å². The summed E-state index contributed by atoms with van der Waals surface area (Å²) in [6, 6.07) is 4.48. The number of nitrogens with zero attached hydrogens (tertiary/aromatic N) is 1. The number of morpholine rings is 1. The highest BCUT2D eigenvalue weighted by Gasteiger charge is 2.21. The number of sulfonamides is 1. The number of rotatable bonds is 6. The van der Waals surface area contributed by atoms with Gasteiger partial charge in [-0.2, -0.15) is 0 Å². The van der Waals surface area contributed by atoms with E-state index in [0.29, 0.717) is 44.1 Å². The van der Waals surface area contributed by atoms with Crippen LogP contribution in [-0.4, -0.2) is 60.3 Å². The number of carbonyl (C=O) groups is 1. The molecule has 1 heterocycles. The van der Waals surface area contributed by atoms with Crippen LogP contribution in [0.2, 0.25) is 0 Å². The quantitative estimate of drug-likeness (QED) is 0.602. The highest BCUT2D eigenvalue weighted by atomic mass is 35.5. The van der Waals surface area contributed by atoms with Crippen LogP contribution in [0.1, 0.15) is 17.3 Å². The van der Waals surface area contributed by atoms with Gasteiger partial charge in [-0.15, -0.1) is 24.8 Å². The van der Waals surface area contributed by atoms with Gasteiger partial charge < -0.3 is 20.3 Å². The summed E-state index contributed by atoms with van der Waals surface area (Å²) in [5.74, 6) is -0.330. The first kappa shape index (κ1) is 24.9. The van der Waals surface area contributed by atoms with Crippen molar-refractivity contribution < 1.29 is 17.9 Å². The van der Waals surface area contributed by atoms with Gasteiger partial charge in [-0.1, -0.05) is 0 Å². The summed E-state index contributed by atoms with van der Waals surface area (Å²) < 4.78 is 28.5. The van der Waals surface area contributed by atoms with Gasteiger partial charge >= 0.3 is 0 Å². The molecule has 2 rings (SSSR count). The smallest absolute Gasteiger partial charge is 0.253 e. The van der Waals surface area contributed by atoms with Crippen LogP contribution in [0.25, 0.3) is 0 Å². The van der Waals surface area contributed by atoms with Gasteiger partial charge in [0.15, 0.2) is 0 Å². The first-order valence-corrected chi connectivity index (χ1v) is 9.32. The number of hydrogen-bond acceptors (Lipinski definition) is 6. The minimum atomic E-state index is -3.88. The van der Waals surface area contributed by atoms with E-state index >= 15 is 0 Å². The van der Waals surface area contributed by atoms with E-state index in [1.54, 1.807) is 13.1 Å². The minimum absolute atomic E-state index is 0. The standard InChI is InChI=1S/C15H24N4O4S.2ClH/c1-11(17-2)10-18-15(20)13-9-12(24(16,21)22)3-4-14(13)19-5-7-23-8-6-19;;/h3-4,9,11,17H,5-8,10H2,1-2H3,(H,18,20)(H2,16,21,22);2*1H. The molecule has 150 valence electrons. The largest absolute Gasteiger partial charge is 0.378 e. The molecule has 1 aromatic carbocycles. The SMILES string of the molecule is CNC(C)CNC(=O)c1cc(S(N)(=O)=O)ccc1N1CCOCC1.Cl.Cl. The highest BCUT2D eigenvalue weighted by molar-refractivity contribution is 7.89. The Bertz CT molecular complexity index is 697. The summed E-state index contributed by atoms with van der Waals surface area (Å²) in [7, 11) is -2.07. The van der Waals surface area contributed by atoms with Crippen LogP contribution in [-0.2, 0) is 14.8 Å². The zero-order chi connectivity index (χ0) is 17.7. The number of benzene rings is 1. The molecule has 0 aromatic heterocycles. The molecule has 1 unspecified atom stereocenters. The Morgan fingerprint density at radius 3 is 2.46 bits per heavy atom. The second kappa shape index (κ2) is 10.9. The van der Waals surface area contributed by atoms with Gasteiger partial charge in [0, 0.05) is 31.4 Å². The van der Waals surface area contributed by atoms with E-state index in [4.69, 9.17) is 9.88 Å². The van der Waals surface area contributed by atoms with Crippen molar-refractivity contribution >= 4 is 46.4 Å². The lowest BCUT2D eigenvalue weighted by atomic mass is 10.1. The third-order valence-electron chi connectivity index (χ3n) is 3.95. The number of primary sulfonamides is 1. The van der Waals surface area contributed by atoms with E-state index in [-0.39, 0.29) is 41.7 Å². The van der Waals surface area contributed by atoms with E-state index in [1.165, 1.54) is 12.1 Å². The predicted molar refractivity (Wildman–Crippen MR) is 106 cm³/mol. The van der Waals surface area contributed by atoms with E-state index < -0.39 is 10.0 Å². The van der Waals surface area contributed by atoms with Gasteiger partial charge in [0.25, 0.3) is 5.91 Å². The summed E-state index contributed by atoms with van der Waals surface area (Å²) in [6.07, 6.45) is 0. The highest BCUT2D eigenvalue weighted by Crippen LogP contribution is 2.24. The normalized spacial score (nSPS) is 15.4. The fourth-order valence-corrected chi connectivity index (χ4v) is 2.94. The third-order valence-corrected chi connectivity index (χ3v) is 4.87. The molecule has 1 atom stereocenters. The lowest BCUT2D eigenvalue weighted by molar-refractivity contribution is 0.0949. The Morgan fingerprint density at radius 2 is 1.92 bits per heavy atom. The Hall–Kier alpha value is -1.10. The molecule has 1 aromatic rings. The molecule has 0 bridgehead atoms. The van der Waals surface area contributed by atoms with Crippen molar-refractivity contribution in [3.63, 3.8) is 0 Å². The van der Waals surface area contributed by atoms with Crippen molar-refractivity contribution in [2.75, 3.05) is 44.8 Å². The van der Waals surface area contributed by atoms with Gasteiger partial charge in [-0.3, -0.25) is 4.79 Å². The molecule has 1 amide bonds. The Balaban J connectivity index is 0.00000312. The van der Waals surface area contributed by atoms with Crippen LogP contribution in [0.5, 0.6) is 0 Å². The van der Waals surface area contributed by atoms with Gasteiger partial charge in [0.1, 0.15) is 0 Å². The van der Waals surface area contributed by atoms with E-state index in [1.807, 2.05) is 11.8 Å². The van der Waals surface area contributed by atoms with Crippen molar-refractivity contribution in [1.82, 2.24) is 10.6 Å². The molecule has 26 heavy (non-hydrogen) atoms. The average Bonchev–Trinajstić information content (AvgIpc) is 2.58. The van der Waals surface area contributed by atoms with Crippen molar-refractivity contribution in [2.24, 2.45) is 5.14 Å². The molecule has 0 radical (unpaired) electrons. The summed E-state index contributed by atoms with van der Waals surface area (Å²) in [4.78, 5) is 14.5. The monoisotopic (exact) mass is 428 g/mol. The van der Waals surface area contributed by atoms with Crippen molar-refractivity contribution in [3.8, 4) is 0 Å². The summed E-state index contributed by atoms with van der Waals surface area (Å²) in [5, 5.41) is 11.0. The predicted octanol–water partition coefficient (Wildman–Crippen LogP) is 0.352. The minimum Gasteiger partial charge on any atom is -0.378 e. The van der Waals surface area contributed by atoms with E-state index in [0.717, 1.165) is 0 Å². The molecule has 11 heteroatoms. The number of ether oxygens (including phenoxy) is 1. The molecular formula is C15H26Cl2N4O4S. The van der Waals surface area contributed by atoms with Crippen molar-refractivity contribution in [2.45, 2.75) is 17.9 Å². The number of carbonyl (C=O) groups excluding carboxylic acids is 1. The maximum atomic E-state index is 12.6. The fraction of sp³-hybridized carbons (Fsp3) is 0.533. The third kappa shape index (κ3) is 6.57. The number of amides is 1. The van der Waals surface area contributed by atoms with Gasteiger partial charge in [0.2, 0.25) is 10.0 Å². The van der Waals surface area contributed by atoms with Crippen LogP contribution in [0.3, 0.4) is 0 Å². The molecule has 1 aliphatic heterocycles. The Kier molecular flexibility index (Phi) is 10.4. The summed E-state index contributed by atoms with van der Waals surface area (Å²) >= 11 is 0. The van der Waals surface area contributed by atoms with Gasteiger partial charge in [-0.25, -0.2) is 13.6 Å². The number of likely N-dealkylation sites (N-methyl/N-ethyl adjacent to an activating group) is 1. The maximum Gasteiger partial charge on any atom is 0.253 e. The summed E-state index contributed by atoms with van der Waals surface area (Å²) in [5.41, 5.74) is 0.979. The van der Waals surface area contributed by atoms with Gasteiger partial charge in [-0.05, 0) is 32.2 Å².